The van der Waals surface area contributed by atoms with Gasteiger partial charge in [-0.1, -0.05) is 6.07 Å². The van der Waals surface area contributed by atoms with Crippen molar-refractivity contribution < 1.29 is 13.6 Å². The van der Waals surface area contributed by atoms with Crippen LogP contribution in [0.15, 0.2) is 47.6 Å². The molecule has 7 nitrogen and oxygen atoms in total. The van der Waals surface area contributed by atoms with Crippen LogP contribution in [0.5, 0.6) is 0 Å². The van der Waals surface area contributed by atoms with Gasteiger partial charge in [-0.25, -0.2) is 18.8 Å². The summed E-state index contributed by atoms with van der Waals surface area (Å²) in [6.07, 6.45) is 2.36. The number of amides is 1. The summed E-state index contributed by atoms with van der Waals surface area (Å²) in [6, 6.07) is 8.69. The topological polar surface area (TPSA) is 81.6 Å². The Morgan fingerprint density at radius 1 is 1.30 bits per heavy atom. The molecule has 1 saturated heterocycles. The lowest BCUT2D eigenvalue weighted by Crippen LogP contribution is -2.45. The minimum atomic E-state index is -0.420. The van der Waals surface area contributed by atoms with E-state index in [1.54, 1.807) is 18.3 Å². The molecule has 0 radical (unpaired) electrons. The summed E-state index contributed by atoms with van der Waals surface area (Å²) >= 11 is 0. The molecular formula is C20H25F2IN6O. The number of nitrogens with zero attached hydrogens (tertiary/aromatic N) is 3. The molecule has 1 amide bonds. The Hall–Kier alpha value is -2.50. The maximum absolute atomic E-state index is 13.9. The number of halogens is 3. The molecule has 1 aliphatic rings. The number of guanidine groups is 1. The number of carbonyl (C=O) groups excluding carboxylic acids is 1. The highest BCUT2D eigenvalue weighted by molar-refractivity contribution is 14.0. The van der Waals surface area contributed by atoms with E-state index >= 15 is 0 Å². The van der Waals surface area contributed by atoms with Crippen molar-refractivity contribution in [2.45, 2.75) is 19.4 Å². The molecule has 0 bridgehead atoms. The quantitative estimate of drug-likeness (QED) is 0.304. The van der Waals surface area contributed by atoms with Crippen LogP contribution in [-0.4, -0.2) is 49.1 Å². The molecule has 1 aromatic heterocycles. The second-order valence-electron chi connectivity index (χ2n) is 6.64. The van der Waals surface area contributed by atoms with Crippen molar-refractivity contribution in [3.8, 4) is 0 Å². The van der Waals surface area contributed by atoms with Crippen LogP contribution in [-0.2, 0) is 4.79 Å². The third kappa shape index (κ3) is 6.78. The minimum Gasteiger partial charge on any atom is -0.357 e. The van der Waals surface area contributed by atoms with Crippen LogP contribution in [0, 0.1) is 11.6 Å². The molecule has 0 aliphatic carbocycles. The highest BCUT2D eigenvalue weighted by Crippen LogP contribution is 2.20. The zero-order valence-electron chi connectivity index (χ0n) is 16.6. The number of pyridine rings is 1. The third-order valence-electron chi connectivity index (χ3n) is 4.40. The van der Waals surface area contributed by atoms with Crippen molar-refractivity contribution in [3.63, 3.8) is 0 Å². The van der Waals surface area contributed by atoms with E-state index in [1.165, 1.54) is 24.3 Å². The Morgan fingerprint density at radius 3 is 2.87 bits per heavy atom. The second-order valence-corrected chi connectivity index (χ2v) is 6.64. The molecule has 162 valence electrons. The fourth-order valence-electron chi connectivity index (χ4n) is 3.11. The summed E-state index contributed by atoms with van der Waals surface area (Å²) in [7, 11) is 0. The number of nitrogens with one attached hydrogen (secondary N) is 3. The van der Waals surface area contributed by atoms with Crippen LogP contribution < -0.4 is 20.9 Å². The fourth-order valence-corrected chi connectivity index (χ4v) is 3.11. The molecule has 0 spiro atoms. The first kappa shape index (κ1) is 23.8. The van der Waals surface area contributed by atoms with Gasteiger partial charge in [0.05, 0.1) is 0 Å². The summed E-state index contributed by atoms with van der Waals surface area (Å²) in [4.78, 5) is 22.4. The highest BCUT2D eigenvalue weighted by atomic mass is 127. The van der Waals surface area contributed by atoms with Crippen LogP contribution in [0.25, 0.3) is 0 Å². The van der Waals surface area contributed by atoms with Crippen molar-refractivity contribution >= 4 is 47.3 Å². The van der Waals surface area contributed by atoms with Gasteiger partial charge in [0.15, 0.2) is 17.6 Å². The van der Waals surface area contributed by atoms with E-state index in [2.05, 4.69) is 25.9 Å². The lowest BCUT2D eigenvalue weighted by atomic mass is 10.3. The van der Waals surface area contributed by atoms with E-state index in [-0.39, 0.29) is 48.3 Å². The number of hydrogen-bond donors (Lipinski definition) is 3. The number of aromatic nitrogens is 1. The Morgan fingerprint density at radius 2 is 2.13 bits per heavy atom. The van der Waals surface area contributed by atoms with E-state index in [9.17, 15) is 13.6 Å². The van der Waals surface area contributed by atoms with Crippen LogP contribution in [0.4, 0.5) is 20.3 Å². The Bertz CT molecular complexity index is 882. The van der Waals surface area contributed by atoms with Gasteiger partial charge in [0.25, 0.3) is 0 Å². The first-order chi connectivity index (χ1) is 14.0. The molecule has 3 rings (SSSR count). The highest BCUT2D eigenvalue weighted by Gasteiger charge is 2.26. The van der Waals surface area contributed by atoms with E-state index in [0.29, 0.717) is 37.1 Å². The molecule has 2 heterocycles. The van der Waals surface area contributed by atoms with Gasteiger partial charge in [-0.15, -0.1) is 24.0 Å². The normalized spacial score (nSPS) is 16.0. The number of hydrogen-bond acceptors (Lipinski definition) is 4. The van der Waals surface area contributed by atoms with Gasteiger partial charge in [-0.2, -0.15) is 0 Å². The zero-order chi connectivity index (χ0) is 20.6. The van der Waals surface area contributed by atoms with E-state index in [4.69, 9.17) is 0 Å². The number of anilines is 2. The zero-order valence-corrected chi connectivity index (χ0v) is 18.9. The van der Waals surface area contributed by atoms with Gasteiger partial charge in [0, 0.05) is 37.6 Å². The molecule has 2 aromatic rings. The predicted octanol–water partition coefficient (Wildman–Crippen LogP) is 2.75. The van der Waals surface area contributed by atoms with Gasteiger partial charge in [0.2, 0.25) is 5.91 Å². The van der Waals surface area contributed by atoms with Gasteiger partial charge in [0.1, 0.15) is 12.4 Å². The van der Waals surface area contributed by atoms with E-state index < -0.39 is 5.82 Å². The predicted molar refractivity (Wildman–Crippen MR) is 124 cm³/mol. The summed E-state index contributed by atoms with van der Waals surface area (Å²) in [5, 5.41) is 8.97. The molecule has 1 aliphatic heterocycles. The van der Waals surface area contributed by atoms with Crippen molar-refractivity contribution in [1.29, 1.82) is 0 Å². The van der Waals surface area contributed by atoms with Gasteiger partial charge < -0.3 is 20.9 Å². The molecular weight excluding hydrogens is 505 g/mol. The fraction of sp³-hybridized carbons (Fsp3) is 0.350. The summed E-state index contributed by atoms with van der Waals surface area (Å²) < 4.78 is 27.1. The Labute approximate surface area is 191 Å². The van der Waals surface area contributed by atoms with Crippen molar-refractivity contribution in [1.82, 2.24) is 15.6 Å². The SMILES string of the molecule is CCNC(=NCC(=O)Nc1cccc(F)c1)NC1CCN(c2ncccc2F)C1.I. The van der Waals surface area contributed by atoms with E-state index in [0.717, 1.165) is 6.42 Å². The number of aliphatic imine (C=N–C) groups is 1. The minimum absolute atomic E-state index is 0. The second kappa shape index (κ2) is 11.6. The van der Waals surface area contributed by atoms with Crippen molar-refractivity contribution in [2.24, 2.45) is 4.99 Å². The molecule has 30 heavy (non-hydrogen) atoms. The Kier molecular flexibility index (Phi) is 9.21. The monoisotopic (exact) mass is 530 g/mol. The van der Waals surface area contributed by atoms with Crippen LogP contribution in [0.3, 0.4) is 0 Å². The molecule has 3 N–H and O–H groups in total. The third-order valence-corrected chi connectivity index (χ3v) is 4.40. The summed E-state index contributed by atoms with van der Waals surface area (Å²) in [6.45, 7) is 3.69. The number of benzene rings is 1. The van der Waals surface area contributed by atoms with Crippen molar-refractivity contribution in [3.05, 3.63) is 54.2 Å². The average Bonchev–Trinajstić information content (AvgIpc) is 3.15. The van der Waals surface area contributed by atoms with Gasteiger partial charge >= 0.3 is 0 Å². The van der Waals surface area contributed by atoms with Crippen LogP contribution >= 0.6 is 24.0 Å². The molecule has 1 aromatic carbocycles. The maximum atomic E-state index is 13.9. The van der Waals surface area contributed by atoms with Crippen LogP contribution in [0.2, 0.25) is 0 Å². The standard InChI is InChI=1S/C20H24F2N6O.HI/c1-2-23-20(25-12-18(29)26-15-6-3-5-14(21)11-15)27-16-8-10-28(13-16)19-17(22)7-4-9-24-19;/h3-7,9,11,16H,2,8,10,12-13H2,1H3,(H,26,29)(H2,23,25,27);1H. The summed E-state index contributed by atoms with van der Waals surface area (Å²) in [5.74, 6) is -0.279. The van der Waals surface area contributed by atoms with Crippen LogP contribution in [0.1, 0.15) is 13.3 Å². The lowest BCUT2D eigenvalue weighted by molar-refractivity contribution is -0.114. The van der Waals surface area contributed by atoms with Gasteiger partial charge in [-0.3, -0.25) is 4.79 Å². The number of carbonyl (C=O) groups is 1. The molecule has 0 saturated carbocycles. The Balaban J connectivity index is 0.00000320. The first-order valence-electron chi connectivity index (χ1n) is 9.51. The molecule has 1 fully saturated rings. The number of rotatable bonds is 6. The average molecular weight is 530 g/mol. The molecule has 10 heteroatoms. The first-order valence-corrected chi connectivity index (χ1v) is 9.51. The largest absolute Gasteiger partial charge is 0.357 e. The van der Waals surface area contributed by atoms with Crippen molar-refractivity contribution in [2.75, 3.05) is 36.4 Å². The maximum Gasteiger partial charge on any atom is 0.246 e. The molecule has 1 atom stereocenters. The van der Waals surface area contributed by atoms with E-state index in [1.807, 2.05) is 11.8 Å². The summed E-state index contributed by atoms with van der Waals surface area (Å²) in [5.41, 5.74) is 0.381. The molecule has 1 unspecified atom stereocenters. The smallest absolute Gasteiger partial charge is 0.246 e. The van der Waals surface area contributed by atoms with Gasteiger partial charge in [-0.05, 0) is 43.7 Å². The lowest BCUT2D eigenvalue weighted by Gasteiger charge is -2.19.